The molecule has 1 amide bonds. The van der Waals surface area contributed by atoms with Gasteiger partial charge in [0.15, 0.2) is 0 Å². The number of carbonyl (C=O) groups is 1. The van der Waals surface area contributed by atoms with Gasteiger partial charge in [0, 0.05) is 12.6 Å². The Bertz CT molecular complexity index is 454. The van der Waals surface area contributed by atoms with Crippen LogP contribution in [0.4, 0.5) is 11.9 Å². The van der Waals surface area contributed by atoms with Crippen LogP contribution in [0.3, 0.4) is 0 Å². The Morgan fingerprint density at radius 1 is 1.20 bits per heavy atom. The molecule has 1 aromatic heterocycles. The number of nitrogens with one attached hydrogen (secondary N) is 3. The van der Waals surface area contributed by atoms with Crippen molar-refractivity contribution in [3.63, 3.8) is 0 Å². The number of rotatable bonds is 7. The first kappa shape index (κ1) is 16.4. The number of nitrogens with zero attached hydrogens (tertiary/aromatic N) is 3. The van der Waals surface area contributed by atoms with Crippen LogP contribution in [0.15, 0.2) is 0 Å². The summed E-state index contributed by atoms with van der Waals surface area (Å²) >= 11 is 5.83. The Balaban J connectivity index is 2.71. The molecule has 3 N–H and O–H groups in total. The second kappa shape index (κ2) is 7.84. The highest BCUT2D eigenvalue weighted by molar-refractivity contribution is 6.28. The number of hydrogen-bond donors (Lipinski definition) is 3. The molecule has 0 aliphatic carbocycles. The van der Waals surface area contributed by atoms with E-state index in [1.165, 1.54) is 0 Å². The van der Waals surface area contributed by atoms with Crippen LogP contribution in [-0.2, 0) is 4.79 Å². The monoisotopic (exact) mass is 300 g/mol. The maximum Gasteiger partial charge on any atom is 0.242 e. The van der Waals surface area contributed by atoms with Gasteiger partial charge in [-0.15, -0.1) is 0 Å². The van der Waals surface area contributed by atoms with Crippen molar-refractivity contribution in [1.29, 1.82) is 0 Å². The van der Waals surface area contributed by atoms with Crippen molar-refractivity contribution in [2.75, 3.05) is 17.2 Å². The minimum atomic E-state index is -0.463. The number of amides is 1. The van der Waals surface area contributed by atoms with E-state index in [0.717, 1.165) is 13.0 Å². The zero-order valence-electron chi connectivity index (χ0n) is 12.2. The summed E-state index contributed by atoms with van der Waals surface area (Å²) in [5, 5.41) is 8.82. The van der Waals surface area contributed by atoms with Crippen LogP contribution in [0.2, 0.25) is 5.28 Å². The number of carbonyl (C=O) groups excluding carboxylic acids is 1. The van der Waals surface area contributed by atoms with Gasteiger partial charge in [-0.25, -0.2) is 0 Å². The van der Waals surface area contributed by atoms with Gasteiger partial charge in [-0.05, 0) is 38.8 Å². The van der Waals surface area contributed by atoms with E-state index in [1.54, 1.807) is 6.92 Å². The van der Waals surface area contributed by atoms with Crippen LogP contribution in [0, 0.1) is 0 Å². The predicted molar refractivity (Wildman–Crippen MR) is 80.0 cm³/mol. The van der Waals surface area contributed by atoms with Gasteiger partial charge in [0.25, 0.3) is 0 Å². The molecule has 0 saturated carbocycles. The normalized spacial score (nSPS) is 12.1. The largest absolute Gasteiger partial charge is 0.354 e. The van der Waals surface area contributed by atoms with Crippen molar-refractivity contribution in [1.82, 2.24) is 20.3 Å². The van der Waals surface area contributed by atoms with E-state index in [1.807, 2.05) is 20.8 Å². The van der Waals surface area contributed by atoms with E-state index in [0.29, 0.717) is 5.95 Å². The first-order valence-electron chi connectivity index (χ1n) is 6.64. The molecular weight excluding hydrogens is 280 g/mol. The van der Waals surface area contributed by atoms with Crippen LogP contribution in [0.5, 0.6) is 0 Å². The Kier molecular flexibility index (Phi) is 6.44. The molecule has 0 fully saturated rings. The van der Waals surface area contributed by atoms with Gasteiger partial charge >= 0.3 is 0 Å². The third-order valence-electron chi connectivity index (χ3n) is 2.31. The lowest BCUT2D eigenvalue weighted by Gasteiger charge is -2.16. The first-order valence-corrected chi connectivity index (χ1v) is 7.02. The molecule has 1 atom stereocenters. The molecule has 20 heavy (non-hydrogen) atoms. The van der Waals surface area contributed by atoms with Crippen molar-refractivity contribution in [3.8, 4) is 0 Å². The Morgan fingerprint density at radius 3 is 2.45 bits per heavy atom. The third kappa shape index (κ3) is 5.56. The molecule has 112 valence electrons. The van der Waals surface area contributed by atoms with Gasteiger partial charge in [-0.2, -0.15) is 15.0 Å². The van der Waals surface area contributed by atoms with Gasteiger partial charge in [0.05, 0.1) is 0 Å². The second-order valence-electron chi connectivity index (χ2n) is 4.71. The SMILES string of the molecule is CCCNc1nc(Cl)nc(NC(C)C(=O)NC(C)C)n1. The molecular formula is C12H21ClN6O. The molecule has 0 radical (unpaired) electrons. The molecule has 1 aromatic rings. The Hall–Kier alpha value is -1.63. The van der Waals surface area contributed by atoms with Crippen molar-refractivity contribution < 1.29 is 4.79 Å². The average Bonchev–Trinajstić information content (AvgIpc) is 2.34. The van der Waals surface area contributed by atoms with Gasteiger partial charge in [-0.1, -0.05) is 6.92 Å². The molecule has 7 nitrogen and oxygen atoms in total. The van der Waals surface area contributed by atoms with Crippen molar-refractivity contribution in [2.24, 2.45) is 0 Å². The van der Waals surface area contributed by atoms with Gasteiger partial charge < -0.3 is 16.0 Å². The third-order valence-corrected chi connectivity index (χ3v) is 2.48. The van der Waals surface area contributed by atoms with Crippen molar-refractivity contribution >= 4 is 29.4 Å². The van der Waals surface area contributed by atoms with Crippen molar-refractivity contribution in [3.05, 3.63) is 5.28 Å². The highest BCUT2D eigenvalue weighted by atomic mass is 35.5. The summed E-state index contributed by atoms with van der Waals surface area (Å²) in [6, 6.07) is -0.384. The van der Waals surface area contributed by atoms with E-state index < -0.39 is 6.04 Å². The maximum absolute atomic E-state index is 11.8. The van der Waals surface area contributed by atoms with Crippen LogP contribution >= 0.6 is 11.6 Å². The summed E-state index contributed by atoms with van der Waals surface area (Å²) in [6.07, 6.45) is 0.944. The Labute approximate surface area is 123 Å². The average molecular weight is 301 g/mol. The fourth-order valence-corrected chi connectivity index (χ4v) is 1.56. The molecule has 0 bridgehead atoms. The van der Waals surface area contributed by atoms with E-state index in [4.69, 9.17) is 11.6 Å². The molecule has 0 aliphatic heterocycles. The van der Waals surface area contributed by atoms with Gasteiger partial charge in [-0.3, -0.25) is 4.79 Å². The number of aromatic nitrogens is 3. The van der Waals surface area contributed by atoms with Crippen LogP contribution < -0.4 is 16.0 Å². The highest BCUT2D eigenvalue weighted by Gasteiger charge is 2.15. The quantitative estimate of drug-likeness (QED) is 0.709. The fraction of sp³-hybridized carbons (Fsp3) is 0.667. The van der Waals surface area contributed by atoms with Gasteiger partial charge in [0.1, 0.15) is 6.04 Å². The van der Waals surface area contributed by atoms with E-state index >= 15 is 0 Å². The van der Waals surface area contributed by atoms with Crippen LogP contribution in [0.25, 0.3) is 0 Å². The molecule has 0 spiro atoms. The van der Waals surface area contributed by atoms with E-state index in [9.17, 15) is 4.79 Å². The lowest BCUT2D eigenvalue weighted by atomic mass is 10.3. The standard InChI is InChI=1S/C12H21ClN6O/c1-5-6-14-11-17-10(13)18-12(19-11)16-8(4)9(20)15-7(2)3/h7-8H,5-6H2,1-4H3,(H,15,20)(H2,14,16,17,18,19). The summed E-state index contributed by atoms with van der Waals surface area (Å²) in [5.41, 5.74) is 0. The zero-order chi connectivity index (χ0) is 15.1. The predicted octanol–water partition coefficient (Wildman–Crippen LogP) is 1.67. The van der Waals surface area contributed by atoms with E-state index in [-0.39, 0.29) is 23.2 Å². The minimum Gasteiger partial charge on any atom is -0.354 e. The topological polar surface area (TPSA) is 91.8 Å². The highest BCUT2D eigenvalue weighted by Crippen LogP contribution is 2.10. The maximum atomic E-state index is 11.8. The second-order valence-corrected chi connectivity index (χ2v) is 5.05. The van der Waals surface area contributed by atoms with E-state index in [2.05, 4.69) is 30.9 Å². The minimum absolute atomic E-state index is 0.0791. The number of anilines is 2. The van der Waals surface area contributed by atoms with Crippen molar-refractivity contribution in [2.45, 2.75) is 46.2 Å². The zero-order valence-corrected chi connectivity index (χ0v) is 13.0. The van der Waals surface area contributed by atoms with Crippen LogP contribution in [0.1, 0.15) is 34.1 Å². The molecule has 0 aliphatic rings. The molecule has 8 heteroatoms. The molecule has 1 heterocycles. The lowest BCUT2D eigenvalue weighted by molar-refractivity contribution is -0.122. The number of hydrogen-bond acceptors (Lipinski definition) is 6. The molecule has 1 unspecified atom stereocenters. The fourth-order valence-electron chi connectivity index (χ4n) is 1.40. The molecule has 0 aromatic carbocycles. The lowest BCUT2D eigenvalue weighted by Crippen LogP contribution is -2.41. The summed E-state index contributed by atoms with van der Waals surface area (Å²) < 4.78 is 0. The summed E-state index contributed by atoms with van der Waals surface area (Å²) in [5.74, 6) is 0.542. The summed E-state index contributed by atoms with van der Waals surface area (Å²) in [4.78, 5) is 23.9. The Morgan fingerprint density at radius 2 is 1.85 bits per heavy atom. The van der Waals surface area contributed by atoms with Gasteiger partial charge in [0.2, 0.25) is 23.1 Å². The smallest absolute Gasteiger partial charge is 0.242 e. The molecule has 0 saturated heterocycles. The first-order chi connectivity index (χ1) is 9.42. The summed E-state index contributed by atoms with van der Waals surface area (Å²) in [6.45, 7) is 8.30. The van der Waals surface area contributed by atoms with Crippen LogP contribution in [-0.4, -0.2) is 39.5 Å². The number of halogens is 1. The molecule has 1 rings (SSSR count). The summed E-state index contributed by atoms with van der Waals surface area (Å²) in [7, 11) is 0.